The Hall–Kier alpha value is -0.120. The predicted molar refractivity (Wildman–Crippen MR) is 62.2 cm³/mol. The Morgan fingerprint density at radius 1 is 1.19 bits per heavy atom. The van der Waals surface area contributed by atoms with Gasteiger partial charge in [-0.3, -0.25) is 5.32 Å². The Morgan fingerprint density at radius 2 is 1.94 bits per heavy atom. The van der Waals surface area contributed by atoms with Crippen LogP contribution in [0.1, 0.15) is 45.4 Å². The first kappa shape index (κ1) is 11.0. The lowest BCUT2D eigenvalue weighted by Crippen LogP contribution is -2.72. The van der Waals surface area contributed by atoms with Crippen molar-refractivity contribution in [1.82, 2.24) is 5.32 Å². The standard InChI is InChI=1S/C13H23NO2/c1-2-11-3-5-13(6-4-11)14-12(7-8-16-13)9-15-10-12/h11,14H,2-10H2,1H3. The third-order valence-electron chi connectivity index (χ3n) is 4.70. The fourth-order valence-corrected chi connectivity index (χ4v) is 3.41. The van der Waals surface area contributed by atoms with E-state index in [0.29, 0.717) is 0 Å². The largest absolute Gasteiger partial charge is 0.377 e. The van der Waals surface area contributed by atoms with E-state index in [0.717, 1.165) is 32.2 Å². The molecule has 3 fully saturated rings. The molecule has 3 nitrogen and oxygen atoms in total. The highest BCUT2D eigenvalue weighted by molar-refractivity contribution is 5.03. The van der Waals surface area contributed by atoms with Crippen LogP contribution in [0.5, 0.6) is 0 Å². The summed E-state index contributed by atoms with van der Waals surface area (Å²) in [5, 5.41) is 3.78. The maximum atomic E-state index is 6.06. The van der Waals surface area contributed by atoms with Crippen LogP contribution in [-0.2, 0) is 9.47 Å². The summed E-state index contributed by atoms with van der Waals surface area (Å²) in [6.07, 6.45) is 7.46. The molecular formula is C13H23NO2. The zero-order valence-electron chi connectivity index (χ0n) is 10.3. The van der Waals surface area contributed by atoms with Crippen molar-refractivity contribution >= 4 is 0 Å². The van der Waals surface area contributed by atoms with E-state index in [9.17, 15) is 0 Å². The summed E-state index contributed by atoms with van der Waals surface area (Å²) in [7, 11) is 0. The van der Waals surface area contributed by atoms with Crippen LogP contribution in [0.3, 0.4) is 0 Å². The molecule has 1 saturated carbocycles. The summed E-state index contributed by atoms with van der Waals surface area (Å²) in [6.45, 7) is 4.98. The highest BCUT2D eigenvalue weighted by atomic mass is 16.5. The van der Waals surface area contributed by atoms with Crippen LogP contribution in [0.25, 0.3) is 0 Å². The molecule has 3 rings (SSSR count). The Labute approximate surface area is 97.9 Å². The van der Waals surface area contributed by atoms with Crippen molar-refractivity contribution in [2.24, 2.45) is 5.92 Å². The zero-order chi connectivity index (χ0) is 11.1. The molecule has 0 aromatic rings. The number of ether oxygens (including phenoxy) is 2. The van der Waals surface area contributed by atoms with Gasteiger partial charge >= 0.3 is 0 Å². The third-order valence-corrected chi connectivity index (χ3v) is 4.70. The van der Waals surface area contributed by atoms with Crippen LogP contribution in [-0.4, -0.2) is 31.1 Å². The molecule has 3 aliphatic rings. The summed E-state index contributed by atoms with van der Waals surface area (Å²) >= 11 is 0. The molecule has 0 radical (unpaired) electrons. The fourth-order valence-electron chi connectivity index (χ4n) is 3.41. The molecule has 0 atom stereocenters. The van der Waals surface area contributed by atoms with Crippen LogP contribution >= 0.6 is 0 Å². The normalized spacial score (nSPS) is 42.2. The van der Waals surface area contributed by atoms with Crippen LogP contribution in [0.2, 0.25) is 0 Å². The number of nitrogens with one attached hydrogen (secondary N) is 1. The molecule has 0 bridgehead atoms. The minimum Gasteiger partial charge on any atom is -0.377 e. The number of hydrogen-bond acceptors (Lipinski definition) is 3. The molecule has 3 heteroatoms. The second-order valence-corrected chi connectivity index (χ2v) is 5.84. The summed E-state index contributed by atoms with van der Waals surface area (Å²) < 4.78 is 11.4. The third kappa shape index (κ3) is 1.79. The highest BCUT2D eigenvalue weighted by Gasteiger charge is 2.50. The van der Waals surface area contributed by atoms with Gasteiger partial charge in [-0.2, -0.15) is 0 Å². The van der Waals surface area contributed by atoms with Gasteiger partial charge in [-0.05, 0) is 38.0 Å². The van der Waals surface area contributed by atoms with E-state index in [-0.39, 0.29) is 11.3 Å². The van der Waals surface area contributed by atoms with E-state index in [2.05, 4.69) is 12.2 Å². The molecule has 2 heterocycles. The molecule has 92 valence electrons. The van der Waals surface area contributed by atoms with Gasteiger partial charge < -0.3 is 9.47 Å². The Morgan fingerprint density at radius 3 is 2.50 bits per heavy atom. The maximum absolute atomic E-state index is 6.06. The van der Waals surface area contributed by atoms with Crippen molar-refractivity contribution in [2.45, 2.75) is 56.7 Å². The molecule has 0 unspecified atom stereocenters. The molecule has 0 aromatic heterocycles. The number of hydrogen-bond donors (Lipinski definition) is 1. The molecule has 0 aromatic carbocycles. The van der Waals surface area contributed by atoms with E-state index >= 15 is 0 Å². The van der Waals surface area contributed by atoms with Crippen molar-refractivity contribution in [3.8, 4) is 0 Å². The summed E-state index contributed by atoms with van der Waals surface area (Å²) in [5.74, 6) is 0.923. The van der Waals surface area contributed by atoms with Gasteiger partial charge in [0.15, 0.2) is 0 Å². The van der Waals surface area contributed by atoms with E-state index in [1.165, 1.54) is 32.1 Å². The smallest absolute Gasteiger partial charge is 0.119 e. The van der Waals surface area contributed by atoms with Gasteiger partial charge in [-0.15, -0.1) is 0 Å². The molecule has 2 aliphatic heterocycles. The molecule has 2 saturated heterocycles. The molecular weight excluding hydrogens is 202 g/mol. The van der Waals surface area contributed by atoms with Crippen LogP contribution in [0, 0.1) is 5.92 Å². The lowest BCUT2D eigenvalue weighted by Gasteiger charge is -2.54. The lowest BCUT2D eigenvalue weighted by atomic mass is 9.79. The first-order valence-corrected chi connectivity index (χ1v) is 6.77. The van der Waals surface area contributed by atoms with E-state index < -0.39 is 0 Å². The Kier molecular flexibility index (Phi) is 2.73. The Balaban J connectivity index is 1.65. The van der Waals surface area contributed by atoms with E-state index in [1.807, 2.05) is 0 Å². The fraction of sp³-hybridized carbons (Fsp3) is 1.00. The van der Waals surface area contributed by atoms with Gasteiger partial charge in [0.25, 0.3) is 0 Å². The van der Waals surface area contributed by atoms with Crippen molar-refractivity contribution in [3.63, 3.8) is 0 Å². The SMILES string of the molecule is CCC1CCC2(CC1)NC1(CCO2)COC1. The average molecular weight is 225 g/mol. The van der Waals surface area contributed by atoms with Gasteiger partial charge in [0.2, 0.25) is 0 Å². The van der Waals surface area contributed by atoms with Gasteiger partial charge in [0.05, 0.1) is 25.4 Å². The first-order valence-electron chi connectivity index (χ1n) is 6.77. The second-order valence-electron chi connectivity index (χ2n) is 5.84. The van der Waals surface area contributed by atoms with E-state index in [4.69, 9.17) is 9.47 Å². The first-order chi connectivity index (χ1) is 7.76. The minimum absolute atomic E-state index is 0.00625. The van der Waals surface area contributed by atoms with Gasteiger partial charge in [-0.25, -0.2) is 0 Å². The second kappa shape index (κ2) is 3.97. The monoisotopic (exact) mass is 225 g/mol. The average Bonchev–Trinajstić information content (AvgIpc) is 2.28. The molecule has 1 aliphatic carbocycles. The van der Waals surface area contributed by atoms with Gasteiger partial charge in [0, 0.05) is 0 Å². The van der Waals surface area contributed by atoms with Crippen molar-refractivity contribution in [3.05, 3.63) is 0 Å². The summed E-state index contributed by atoms with van der Waals surface area (Å²) in [4.78, 5) is 0. The highest BCUT2D eigenvalue weighted by Crippen LogP contribution is 2.40. The van der Waals surface area contributed by atoms with Crippen molar-refractivity contribution in [2.75, 3.05) is 19.8 Å². The van der Waals surface area contributed by atoms with E-state index in [1.54, 1.807) is 0 Å². The van der Waals surface area contributed by atoms with Crippen LogP contribution in [0.4, 0.5) is 0 Å². The quantitative estimate of drug-likeness (QED) is 0.741. The lowest BCUT2D eigenvalue weighted by molar-refractivity contribution is -0.209. The minimum atomic E-state index is -0.00625. The molecule has 0 amide bonds. The van der Waals surface area contributed by atoms with Crippen LogP contribution < -0.4 is 5.32 Å². The summed E-state index contributed by atoms with van der Waals surface area (Å²) in [5.41, 5.74) is 0.255. The van der Waals surface area contributed by atoms with Crippen molar-refractivity contribution < 1.29 is 9.47 Å². The topological polar surface area (TPSA) is 30.5 Å². The van der Waals surface area contributed by atoms with Gasteiger partial charge in [0.1, 0.15) is 5.72 Å². The summed E-state index contributed by atoms with van der Waals surface area (Å²) in [6, 6.07) is 0. The maximum Gasteiger partial charge on any atom is 0.119 e. The predicted octanol–water partition coefficient (Wildman–Crippen LogP) is 2.06. The zero-order valence-corrected chi connectivity index (χ0v) is 10.3. The number of rotatable bonds is 1. The Bertz CT molecular complexity index is 255. The molecule has 16 heavy (non-hydrogen) atoms. The molecule has 1 N–H and O–H groups in total. The molecule has 2 spiro atoms. The van der Waals surface area contributed by atoms with Gasteiger partial charge in [-0.1, -0.05) is 13.3 Å². The van der Waals surface area contributed by atoms with Crippen molar-refractivity contribution in [1.29, 1.82) is 0 Å². The van der Waals surface area contributed by atoms with Crippen LogP contribution in [0.15, 0.2) is 0 Å².